The molecule has 8 heteroatoms. The van der Waals surface area contributed by atoms with Gasteiger partial charge in [-0.05, 0) is 36.8 Å². The third kappa shape index (κ3) is 6.80. The molecular formula is C24H29ClN2O5. The van der Waals surface area contributed by atoms with E-state index in [1.54, 1.807) is 0 Å². The number of carboxylic acid groups (broad SMARTS) is 1. The molecule has 2 aromatic rings. The van der Waals surface area contributed by atoms with E-state index in [2.05, 4.69) is 0 Å². The van der Waals surface area contributed by atoms with Crippen LogP contribution in [0, 0.1) is 5.92 Å². The second-order valence-electron chi connectivity index (χ2n) is 7.85. The number of hydrogen-bond acceptors (Lipinski definition) is 5. The predicted octanol–water partition coefficient (Wildman–Crippen LogP) is 2.80. The van der Waals surface area contributed by atoms with Crippen molar-refractivity contribution in [1.29, 1.82) is 0 Å². The first kappa shape index (κ1) is 25.4. The number of amides is 1. The van der Waals surface area contributed by atoms with Gasteiger partial charge in [0, 0.05) is 6.54 Å². The van der Waals surface area contributed by atoms with Gasteiger partial charge in [0.2, 0.25) is 5.91 Å². The van der Waals surface area contributed by atoms with Crippen molar-refractivity contribution in [3.05, 3.63) is 71.8 Å². The number of carbonyl (C=O) groups excluding carboxylic acids is 2. The fraction of sp³-hybridized carbons (Fsp3) is 0.375. The minimum atomic E-state index is -0.993. The molecular weight excluding hydrogens is 432 g/mol. The van der Waals surface area contributed by atoms with Crippen LogP contribution in [0.15, 0.2) is 60.7 Å². The molecule has 3 atom stereocenters. The van der Waals surface area contributed by atoms with Crippen molar-refractivity contribution in [2.75, 3.05) is 6.54 Å². The molecule has 0 aliphatic carbocycles. The Hall–Kier alpha value is -2.90. The SMILES string of the molecule is Cl.N[C@@H](CC(Cc1ccccc1)C(=O)O)C(=O)N1CCC[C@H]1C(=O)OCc1ccccc1. The number of nitrogens with zero attached hydrogens (tertiary/aromatic N) is 1. The van der Waals surface area contributed by atoms with Crippen LogP contribution in [-0.2, 0) is 32.1 Å². The maximum Gasteiger partial charge on any atom is 0.329 e. The number of nitrogens with two attached hydrogens (primary N) is 1. The summed E-state index contributed by atoms with van der Waals surface area (Å²) in [5.41, 5.74) is 7.85. The molecule has 0 saturated carbocycles. The van der Waals surface area contributed by atoms with Crippen molar-refractivity contribution in [2.24, 2.45) is 11.7 Å². The van der Waals surface area contributed by atoms with Crippen LogP contribution >= 0.6 is 12.4 Å². The van der Waals surface area contributed by atoms with E-state index in [0.717, 1.165) is 11.1 Å². The molecule has 1 saturated heterocycles. The highest BCUT2D eigenvalue weighted by atomic mass is 35.5. The largest absolute Gasteiger partial charge is 0.481 e. The van der Waals surface area contributed by atoms with Crippen molar-refractivity contribution >= 4 is 30.3 Å². The van der Waals surface area contributed by atoms with E-state index in [9.17, 15) is 19.5 Å². The average molecular weight is 461 g/mol. The number of benzene rings is 2. The first-order valence-electron chi connectivity index (χ1n) is 10.5. The lowest BCUT2D eigenvalue weighted by Gasteiger charge is -2.27. The van der Waals surface area contributed by atoms with Crippen LogP contribution in [0.2, 0.25) is 0 Å². The Morgan fingerprint density at radius 1 is 1.03 bits per heavy atom. The highest BCUT2D eigenvalue weighted by molar-refractivity contribution is 5.88. The lowest BCUT2D eigenvalue weighted by atomic mass is 9.92. The topological polar surface area (TPSA) is 110 Å². The maximum absolute atomic E-state index is 12.9. The molecule has 32 heavy (non-hydrogen) atoms. The number of esters is 1. The highest BCUT2D eigenvalue weighted by Crippen LogP contribution is 2.22. The van der Waals surface area contributed by atoms with E-state index in [1.165, 1.54) is 4.90 Å². The van der Waals surface area contributed by atoms with Gasteiger partial charge in [-0.1, -0.05) is 60.7 Å². The summed E-state index contributed by atoms with van der Waals surface area (Å²) in [5.74, 6) is -2.64. The summed E-state index contributed by atoms with van der Waals surface area (Å²) in [7, 11) is 0. The van der Waals surface area contributed by atoms with Crippen LogP contribution in [0.1, 0.15) is 30.4 Å². The van der Waals surface area contributed by atoms with Crippen LogP contribution < -0.4 is 5.73 Å². The van der Waals surface area contributed by atoms with Gasteiger partial charge in [-0.3, -0.25) is 9.59 Å². The molecule has 172 valence electrons. The Kier molecular flexibility index (Phi) is 9.68. The second-order valence-corrected chi connectivity index (χ2v) is 7.85. The molecule has 1 fully saturated rings. The van der Waals surface area contributed by atoms with Crippen LogP contribution in [-0.4, -0.2) is 46.5 Å². The van der Waals surface area contributed by atoms with Gasteiger partial charge < -0.3 is 20.5 Å². The number of hydrogen-bond donors (Lipinski definition) is 2. The average Bonchev–Trinajstić information content (AvgIpc) is 3.27. The molecule has 1 heterocycles. The molecule has 0 aromatic heterocycles. The lowest BCUT2D eigenvalue weighted by molar-refractivity contribution is -0.155. The summed E-state index contributed by atoms with van der Waals surface area (Å²) in [6, 6.07) is 16.9. The zero-order chi connectivity index (χ0) is 22.2. The third-order valence-corrected chi connectivity index (χ3v) is 5.56. The minimum absolute atomic E-state index is 0. The molecule has 2 aromatic carbocycles. The predicted molar refractivity (Wildman–Crippen MR) is 122 cm³/mol. The Morgan fingerprint density at radius 2 is 1.62 bits per heavy atom. The Bertz CT molecular complexity index is 894. The molecule has 3 rings (SSSR count). The smallest absolute Gasteiger partial charge is 0.329 e. The van der Waals surface area contributed by atoms with E-state index < -0.39 is 35.8 Å². The summed E-state index contributed by atoms with van der Waals surface area (Å²) in [6.07, 6.45) is 1.49. The van der Waals surface area contributed by atoms with E-state index in [0.29, 0.717) is 25.8 Å². The van der Waals surface area contributed by atoms with E-state index in [1.807, 2.05) is 60.7 Å². The van der Waals surface area contributed by atoms with Gasteiger partial charge >= 0.3 is 11.9 Å². The van der Waals surface area contributed by atoms with E-state index in [-0.39, 0.29) is 25.4 Å². The van der Waals surface area contributed by atoms with Gasteiger partial charge in [0.15, 0.2) is 0 Å². The zero-order valence-electron chi connectivity index (χ0n) is 17.8. The molecule has 3 N–H and O–H groups in total. The number of carbonyl (C=O) groups is 3. The first-order valence-corrected chi connectivity index (χ1v) is 10.5. The number of halogens is 1. The third-order valence-electron chi connectivity index (χ3n) is 5.56. The standard InChI is InChI=1S/C24H28N2O5.ClH/c25-20(15-19(23(28)29)14-17-8-3-1-4-9-17)22(27)26-13-7-12-21(26)24(30)31-16-18-10-5-2-6-11-18;/h1-6,8-11,19-21H,7,12-16,25H2,(H,28,29);1H/t19?,20-,21-;/m0./s1. The summed E-state index contributed by atoms with van der Waals surface area (Å²) in [5, 5.41) is 9.59. The quantitative estimate of drug-likeness (QED) is 0.557. The minimum Gasteiger partial charge on any atom is -0.481 e. The number of ether oxygens (including phenoxy) is 1. The van der Waals surface area contributed by atoms with Crippen LogP contribution in [0.3, 0.4) is 0 Å². The number of likely N-dealkylation sites (tertiary alicyclic amines) is 1. The zero-order valence-corrected chi connectivity index (χ0v) is 18.6. The van der Waals surface area contributed by atoms with Crippen LogP contribution in [0.5, 0.6) is 0 Å². The molecule has 1 aliphatic heterocycles. The van der Waals surface area contributed by atoms with Gasteiger partial charge in [0.05, 0.1) is 12.0 Å². The van der Waals surface area contributed by atoms with Crippen molar-refractivity contribution in [3.8, 4) is 0 Å². The number of rotatable bonds is 9. The number of aliphatic carboxylic acids is 1. The normalized spacial score (nSPS) is 17.2. The van der Waals surface area contributed by atoms with Crippen molar-refractivity contribution in [3.63, 3.8) is 0 Å². The Balaban J connectivity index is 0.00000363. The summed E-state index contributed by atoms with van der Waals surface area (Å²) < 4.78 is 5.40. The van der Waals surface area contributed by atoms with Crippen molar-refractivity contribution in [1.82, 2.24) is 4.90 Å². The van der Waals surface area contributed by atoms with Crippen molar-refractivity contribution < 1.29 is 24.2 Å². The first-order chi connectivity index (χ1) is 15.0. The molecule has 1 aliphatic rings. The molecule has 1 unspecified atom stereocenters. The fourth-order valence-electron chi connectivity index (χ4n) is 3.89. The Morgan fingerprint density at radius 3 is 2.22 bits per heavy atom. The monoisotopic (exact) mass is 460 g/mol. The highest BCUT2D eigenvalue weighted by Gasteiger charge is 2.38. The lowest BCUT2D eigenvalue weighted by Crippen LogP contribution is -2.49. The van der Waals surface area contributed by atoms with Crippen molar-refractivity contribution in [2.45, 2.75) is 44.4 Å². The van der Waals surface area contributed by atoms with Gasteiger partial charge in [-0.15, -0.1) is 12.4 Å². The summed E-state index contributed by atoms with van der Waals surface area (Å²) >= 11 is 0. The van der Waals surface area contributed by atoms with E-state index >= 15 is 0 Å². The molecule has 7 nitrogen and oxygen atoms in total. The maximum atomic E-state index is 12.9. The van der Waals surface area contributed by atoms with Crippen LogP contribution in [0.25, 0.3) is 0 Å². The van der Waals surface area contributed by atoms with E-state index in [4.69, 9.17) is 10.5 Å². The summed E-state index contributed by atoms with van der Waals surface area (Å²) in [4.78, 5) is 38.7. The van der Waals surface area contributed by atoms with Gasteiger partial charge in [0.25, 0.3) is 0 Å². The molecule has 1 amide bonds. The molecule has 0 radical (unpaired) electrons. The second kappa shape index (κ2) is 12.2. The fourth-order valence-corrected chi connectivity index (χ4v) is 3.89. The summed E-state index contributed by atoms with van der Waals surface area (Å²) in [6.45, 7) is 0.552. The van der Waals surface area contributed by atoms with Gasteiger partial charge in [-0.25, -0.2) is 4.79 Å². The molecule has 0 spiro atoms. The van der Waals surface area contributed by atoms with Crippen LogP contribution in [0.4, 0.5) is 0 Å². The van der Waals surface area contributed by atoms with Gasteiger partial charge in [-0.2, -0.15) is 0 Å². The number of carboxylic acids is 1. The van der Waals surface area contributed by atoms with Gasteiger partial charge in [0.1, 0.15) is 12.6 Å². The molecule has 0 bridgehead atoms. The Labute approximate surface area is 194 Å².